The standard InChI is InChI=1S/C30H31N5O3/c1-20-26(28(36)38-19-21-10-6-5-7-11-21)27(35-29(31-20)32-33-34-35)24-12-8-9-13-25(24)37-18-22-14-16-23(17-15-22)30(2,3)4/h5-17,27H,18-19H2,1-4H3,(H,31,32,34). The highest BCUT2D eigenvalue weighted by molar-refractivity contribution is 5.92. The molecule has 1 aliphatic rings. The van der Waals surface area contributed by atoms with Crippen molar-refractivity contribution < 1.29 is 14.3 Å². The van der Waals surface area contributed by atoms with Gasteiger partial charge in [-0.25, -0.2) is 4.79 Å². The largest absolute Gasteiger partial charge is 0.489 e. The topological polar surface area (TPSA) is 91.2 Å². The number of nitrogens with zero attached hydrogens (tertiary/aromatic N) is 4. The average Bonchev–Trinajstić information content (AvgIpc) is 3.38. The number of fused-ring (bicyclic) bond motifs is 1. The van der Waals surface area contributed by atoms with Crippen molar-refractivity contribution in [1.82, 2.24) is 20.2 Å². The SMILES string of the molecule is CC1=C(C(=O)OCc2ccccc2)C(c2ccccc2OCc2ccc(C(C)(C)C)cc2)n2nnnc2N1. The third-order valence-electron chi connectivity index (χ3n) is 6.57. The summed E-state index contributed by atoms with van der Waals surface area (Å²) in [4.78, 5) is 13.5. The molecule has 0 amide bonds. The van der Waals surface area contributed by atoms with Crippen molar-refractivity contribution in [2.45, 2.75) is 52.4 Å². The number of carbonyl (C=O) groups excluding carboxylic acids is 1. The minimum atomic E-state index is -0.621. The van der Waals surface area contributed by atoms with E-state index in [0.29, 0.717) is 29.6 Å². The summed E-state index contributed by atoms with van der Waals surface area (Å²) in [6.07, 6.45) is 0. The maximum atomic E-state index is 13.5. The first-order chi connectivity index (χ1) is 18.3. The van der Waals surface area contributed by atoms with Gasteiger partial charge in [0.2, 0.25) is 5.95 Å². The Balaban J connectivity index is 1.43. The van der Waals surface area contributed by atoms with Crippen LogP contribution in [0.4, 0.5) is 5.95 Å². The van der Waals surface area contributed by atoms with Gasteiger partial charge >= 0.3 is 5.97 Å². The van der Waals surface area contributed by atoms with E-state index < -0.39 is 12.0 Å². The quantitative estimate of drug-likeness (QED) is 0.325. The van der Waals surface area contributed by atoms with E-state index in [1.54, 1.807) is 4.68 Å². The van der Waals surface area contributed by atoms with Gasteiger partial charge in [-0.05, 0) is 45.5 Å². The van der Waals surface area contributed by atoms with Gasteiger partial charge in [0.25, 0.3) is 0 Å². The van der Waals surface area contributed by atoms with Gasteiger partial charge in [0.15, 0.2) is 0 Å². The fourth-order valence-corrected chi connectivity index (χ4v) is 4.47. The second-order valence-electron chi connectivity index (χ2n) is 10.3. The molecule has 0 saturated heterocycles. The van der Waals surface area contributed by atoms with E-state index in [9.17, 15) is 4.79 Å². The molecule has 5 rings (SSSR count). The lowest BCUT2D eigenvalue weighted by molar-refractivity contribution is -0.140. The molecule has 0 saturated carbocycles. The fourth-order valence-electron chi connectivity index (χ4n) is 4.47. The lowest BCUT2D eigenvalue weighted by atomic mass is 9.87. The number of hydrogen-bond acceptors (Lipinski definition) is 7. The zero-order chi connectivity index (χ0) is 26.7. The van der Waals surface area contributed by atoms with Gasteiger partial charge in [0.05, 0.1) is 5.57 Å². The number of esters is 1. The zero-order valence-electron chi connectivity index (χ0n) is 22.0. The van der Waals surface area contributed by atoms with Crippen molar-refractivity contribution in [2.75, 3.05) is 5.32 Å². The Bertz CT molecular complexity index is 1450. The van der Waals surface area contributed by atoms with Gasteiger partial charge in [0, 0.05) is 11.3 Å². The second kappa shape index (κ2) is 10.5. The van der Waals surface area contributed by atoms with Crippen LogP contribution in [0, 0.1) is 0 Å². The summed E-state index contributed by atoms with van der Waals surface area (Å²) in [6.45, 7) is 8.95. The van der Waals surface area contributed by atoms with Crippen LogP contribution in [-0.4, -0.2) is 26.2 Å². The first kappa shape index (κ1) is 25.2. The minimum Gasteiger partial charge on any atom is -0.489 e. The highest BCUT2D eigenvalue weighted by Gasteiger charge is 2.36. The van der Waals surface area contributed by atoms with Gasteiger partial charge in [-0.1, -0.05) is 98.7 Å². The molecule has 1 atom stereocenters. The number of hydrogen-bond donors (Lipinski definition) is 1. The molecule has 1 unspecified atom stereocenters. The van der Waals surface area contributed by atoms with E-state index in [-0.39, 0.29) is 12.0 Å². The summed E-state index contributed by atoms with van der Waals surface area (Å²) in [5, 5.41) is 15.2. The van der Waals surface area contributed by atoms with Crippen LogP contribution < -0.4 is 10.1 Å². The molecule has 8 nitrogen and oxygen atoms in total. The number of ether oxygens (including phenoxy) is 2. The van der Waals surface area contributed by atoms with Crippen LogP contribution in [0.1, 0.15) is 56.0 Å². The number of tetrazole rings is 1. The summed E-state index contributed by atoms with van der Waals surface area (Å²) in [5.74, 6) is 0.638. The molecule has 0 spiro atoms. The van der Waals surface area contributed by atoms with Crippen LogP contribution in [0.3, 0.4) is 0 Å². The van der Waals surface area contributed by atoms with Crippen LogP contribution in [0.15, 0.2) is 90.1 Å². The summed E-state index contributed by atoms with van der Waals surface area (Å²) in [5.41, 5.74) is 5.12. The number of allylic oxidation sites excluding steroid dienone is 1. The number of anilines is 1. The summed E-state index contributed by atoms with van der Waals surface area (Å²) in [7, 11) is 0. The van der Waals surface area contributed by atoms with Gasteiger partial charge < -0.3 is 14.8 Å². The molecule has 1 aliphatic heterocycles. The molecule has 1 N–H and O–H groups in total. The van der Waals surface area contributed by atoms with Crippen LogP contribution >= 0.6 is 0 Å². The molecular weight excluding hydrogens is 478 g/mol. The van der Waals surface area contributed by atoms with Gasteiger partial charge in [-0.3, -0.25) is 0 Å². The summed E-state index contributed by atoms with van der Waals surface area (Å²) < 4.78 is 13.6. The predicted octanol–water partition coefficient (Wildman–Crippen LogP) is 5.58. The van der Waals surface area contributed by atoms with E-state index in [1.807, 2.05) is 61.5 Å². The molecule has 4 aromatic rings. The number of benzene rings is 3. The normalized spacial score (nSPS) is 15.0. The smallest absolute Gasteiger partial charge is 0.338 e. The lowest BCUT2D eigenvalue weighted by Gasteiger charge is -2.28. The molecular formula is C30H31N5O3. The zero-order valence-corrected chi connectivity index (χ0v) is 22.0. The molecule has 1 aromatic heterocycles. The van der Waals surface area contributed by atoms with Crippen molar-refractivity contribution in [3.8, 4) is 5.75 Å². The number of para-hydroxylation sites is 1. The first-order valence-electron chi connectivity index (χ1n) is 12.6. The first-order valence-corrected chi connectivity index (χ1v) is 12.6. The number of carbonyl (C=O) groups is 1. The molecule has 0 aliphatic carbocycles. The van der Waals surface area contributed by atoms with Crippen molar-refractivity contribution in [3.05, 3.63) is 112 Å². The van der Waals surface area contributed by atoms with E-state index in [2.05, 4.69) is 65.9 Å². The summed E-state index contributed by atoms with van der Waals surface area (Å²) >= 11 is 0. The predicted molar refractivity (Wildman–Crippen MR) is 144 cm³/mol. The molecule has 3 aromatic carbocycles. The lowest BCUT2D eigenvalue weighted by Crippen LogP contribution is -2.30. The van der Waals surface area contributed by atoms with Crippen LogP contribution in [0.2, 0.25) is 0 Å². The highest BCUT2D eigenvalue weighted by atomic mass is 16.5. The number of rotatable bonds is 7. The number of aromatic nitrogens is 4. The second-order valence-corrected chi connectivity index (χ2v) is 10.3. The van der Waals surface area contributed by atoms with E-state index in [0.717, 1.165) is 16.7 Å². The molecule has 0 bridgehead atoms. The molecule has 194 valence electrons. The van der Waals surface area contributed by atoms with Crippen molar-refractivity contribution >= 4 is 11.9 Å². The van der Waals surface area contributed by atoms with Gasteiger partial charge in [-0.15, -0.1) is 0 Å². The van der Waals surface area contributed by atoms with E-state index in [4.69, 9.17) is 9.47 Å². The fraction of sp³-hybridized carbons (Fsp3) is 0.267. The number of nitrogens with one attached hydrogen (secondary N) is 1. The van der Waals surface area contributed by atoms with Gasteiger partial charge in [-0.2, -0.15) is 4.68 Å². The Morgan fingerprint density at radius 2 is 1.61 bits per heavy atom. The highest BCUT2D eigenvalue weighted by Crippen LogP contribution is 2.39. The van der Waals surface area contributed by atoms with Crippen LogP contribution in [-0.2, 0) is 28.2 Å². The Labute approximate surface area is 222 Å². The van der Waals surface area contributed by atoms with Crippen molar-refractivity contribution in [2.24, 2.45) is 0 Å². The van der Waals surface area contributed by atoms with E-state index >= 15 is 0 Å². The molecule has 0 radical (unpaired) electrons. The average molecular weight is 510 g/mol. The molecule has 38 heavy (non-hydrogen) atoms. The molecule has 2 heterocycles. The molecule has 0 fully saturated rings. The third-order valence-corrected chi connectivity index (χ3v) is 6.57. The Hall–Kier alpha value is -4.46. The monoisotopic (exact) mass is 509 g/mol. The van der Waals surface area contributed by atoms with Gasteiger partial charge in [0.1, 0.15) is 25.0 Å². The third kappa shape index (κ3) is 5.29. The van der Waals surface area contributed by atoms with Crippen molar-refractivity contribution in [3.63, 3.8) is 0 Å². The summed E-state index contributed by atoms with van der Waals surface area (Å²) in [6, 6.07) is 25.1. The Morgan fingerprint density at radius 1 is 0.921 bits per heavy atom. The van der Waals surface area contributed by atoms with Crippen molar-refractivity contribution in [1.29, 1.82) is 0 Å². The Kier molecular flexibility index (Phi) is 6.96. The minimum absolute atomic E-state index is 0.0836. The maximum Gasteiger partial charge on any atom is 0.338 e. The maximum absolute atomic E-state index is 13.5. The van der Waals surface area contributed by atoms with E-state index in [1.165, 1.54) is 5.56 Å². The Morgan fingerprint density at radius 3 is 2.34 bits per heavy atom. The van der Waals surface area contributed by atoms with Crippen LogP contribution in [0.25, 0.3) is 0 Å². The molecule has 8 heteroatoms. The van der Waals surface area contributed by atoms with Crippen LogP contribution in [0.5, 0.6) is 5.75 Å².